The van der Waals surface area contributed by atoms with Crippen LogP contribution in [0.1, 0.15) is 50.7 Å². The lowest BCUT2D eigenvalue weighted by molar-refractivity contribution is -0.114. The number of benzene rings is 2. The maximum atomic E-state index is 12.9. The Hall–Kier alpha value is -2.36. The van der Waals surface area contributed by atoms with E-state index in [1.807, 2.05) is 0 Å². The van der Waals surface area contributed by atoms with E-state index in [4.69, 9.17) is 0 Å². The van der Waals surface area contributed by atoms with E-state index in [1.165, 1.54) is 23.3 Å². The first-order valence-corrected chi connectivity index (χ1v) is 8.30. The number of carbonyl (C=O) groups is 1. The van der Waals surface area contributed by atoms with Crippen molar-refractivity contribution < 1.29 is 9.18 Å². The van der Waals surface area contributed by atoms with Gasteiger partial charge in [0.25, 0.3) is 0 Å². The smallest absolute Gasteiger partial charge is 0.243 e. The summed E-state index contributed by atoms with van der Waals surface area (Å²) < 4.78 is 12.9. The van der Waals surface area contributed by atoms with Crippen molar-refractivity contribution in [1.82, 2.24) is 0 Å². The van der Waals surface area contributed by atoms with Crippen LogP contribution in [0.3, 0.4) is 0 Å². The van der Waals surface area contributed by atoms with Crippen molar-refractivity contribution in [3.8, 4) is 0 Å². The minimum atomic E-state index is -0.321. The number of rotatable bonds is 6. The van der Waals surface area contributed by atoms with Gasteiger partial charge in [-0.15, -0.1) is 0 Å². The van der Waals surface area contributed by atoms with Crippen molar-refractivity contribution in [2.45, 2.75) is 39.5 Å². The fourth-order valence-corrected chi connectivity index (χ4v) is 2.66. The second kappa shape index (κ2) is 7.95. The molecule has 3 nitrogen and oxygen atoms in total. The highest BCUT2D eigenvalue weighted by molar-refractivity contribution is 5.94. The Morgan fingerprint density at radius 3 is 2.00 bits per heavy atom. The molecule has 0 fully saturated rings. The molecule has 0 heterocycles. The average Bonchev–Trinajstić information content (AvgIpc) is 2.54. The molecule has 0 saturated carbocycles. The zero-order chi connectivity index (χ0) is 17.7. The molecule has 0 spiro atoms. The summed E-state index contributed by atoms with van der Waals surface area (Å²) in [5.74, 6) is 0.256. The van der Waals surface area contributed by atoms with E-state index in [9.17, 15) is 9.18 Å². The molecular formula is C20H25FN2O. The molecule has 1 amide bonds. The maximum Gasteiger partial charge on any atom is 0.243 e. The van der Waals surface area contributed by atoms with Gasteiger partial charge < -0.3 is 10.6 Å². The van der Waals surface area contributed by atoms with Crippen molar-refractivity contribution in [2.75, 3.05) is 17.2 Å². The maximum absolute atomic E-state index is 12.9. The molecule has 0 aliphatic heterocycles. The van der Waals surface area contributed by atoms with Crippen LogP contribution >= 0.6 is 0 Å². The Bertz CT molecular complexity index is 667. The average molecular weight is 328 g/mol. The fraction of sp³-hybridized carbons (Fsp3) is 0.350. The van der Waals surface area contributed by atoms with Crippen molar-refractivity contribution >= 4 is 17.3 Å². The molecule has 0 atom stereocenters. The molecule has 0 aliphatic rings. The Morgan fingerprint density at radius 1 is 0.958 bits per heavy atom. The molecule has 2 rings (SSSR count). The highest BCUT2D eigenvalue weighted by Gasteiger charge is 2.14. The molecule has 0 aromatic heterocycles. The SMILES string of the molecule is CC(C)c1cccc(C(C)C)c1NCC(=O)Nc1ccc(F)cc1. The molecule has 0 radical (unpaired) electrons. The lowest BCUT2D eigenvalue weighted by Crippen LogP contribution is -2.23. The minimum Gasteiger partial charge on any atom is -0.376 e. The predicted octanol–water partition coefficient (Wildman–Crippen LogP) is 5.12. The van der Waals surface area contributed by atoms with Gasteiger partial charge in [-0.1, -0.05) is 45.9 Å². The topological polar surface area (TPSA) is 41.1 Å². The third kappa shape index (κ3) is 4.57. The Morgan fingerprint density at radius 2 is 1.50 bits per heavy atom. The predicted molar refractivity (Wildman–Crippen MR) is 98.1 cm³/mol. The lowest BCUT2D eigenvalue weighted by Gasteiger charge is -2.20. The molecule has 0 aliphatic carbocycles. The Kier molecular flexibility index (Phi) is 5.96. The summed E-state index contributed by atoms with van der Waals surface area (Å²) in [5.41, 5.74) is 4.03. The summed E-state index contributed by atoms with van der Waals surface area (Å²) in [6.45, 7) is 8.74. The summed E-state index contributed by atoms with van der Waals surface area (Å²) in [6.07, 6.45) is 0. The summed E-state index contributed by atoms with van der Waals surface area (Å²) in [6, 6.07) is 12.0. The largest absolute Gasteiger partial charge is 0.376 e. The summed E-state index contributed by atoms with van der Waals surface area (Å²) in [7, 11) is 0. The minimum absolute atomic E-state index is 0.158. The lowest BCUT2D eigenvalue weighted by atomic mass is 9.92. The summed E-state index contributed by atoms with van der Waals surface area (Å²) in [5, 5.41) is 6.06. The van der Waals surface area contributed by atoms with E-state index in [1.54, 1.807) is 12.1 Å². The van der Waals surface area contributed by atoms with E-state index in [0.717, 1.165) is 5.69 Å². The zero-order valence-corrected chi connectivity index (χ0v) is 14.7. The Labute approximate surface area is 143 Å². The molecule has 128 valence electrons. The normalized spacial score (nSPS) is 11.0. The van der Waals surface area contributed by atoms with Crippen LogP contribution in [0, 0.1) is 5.82 Å². The number of hydrogen-bond acceptors (Lipinski definition) is 2. The number of halogens is 1. The van der Waals surface area contributed by atoms with Crippen LogP contribution in [0.2, 0.25) is 0 Å². The standard InChI is InChI=1S/C20H25FN2O/c1-13(2)17-6-5-7-18(14(3)4)20(17)22-12-19(24)23-16-10-8-15(21)9-11-16/h5-11,13-14,22H,12H2,1-4H3,(H,23,24). The third-order valence-corrected chi connectivity index (χ3v) is 3.93. The first-order valence-electron chi connectivity index (χ1n) is 8.30. The zero-order valence-electron chi connectivity index (χ0n) is 14.7. The number of carbonyl (C=O) groups excluding carboxylic acids is 1. The molecule has 0 saturated heterocycles. The van der Waals surface area contributed by atoms with Crippen LogP contribution in [0.25, 0.3) is 0 Å². The number of para-hydroxylation sites is 1. The van der Waals surface area contributed by atoms with Gasteiger partial charge in [0.1, 0.15) is 5.82 Å². The van der Waals surface area contributed by atoms with E-state index >= 15 is 0 Å². The quantitative estimate of drug-likeness (QED) is 0.772. The van der Waals surface area contributed by atoms with Crippen LogP contribution in [0.15, 0.2) is 42.5 Å². The molecule has 0 bridgehead atoms. The van der Waals surface area contributed by atoms with Crippen molar-refractivity contribution in [2.24, 2.45) is 0 Å². The first-order chi connectivity index (χ1) is 11.4. The molecular weight excluding hydrogens is 303 g/mol. The third-order valence-electron chi connectivity index (χ3n) is 3.93. The van der Waals surface area contributed by atoms with Gasteiger partial charge in [0, 0.05) is 11.4 Å². The van der Waals surface area contributed by atoms with Crippen LogP contribution < -0.4 is 10.6 Å². The molecule has 2 aromatic carbocycles. The van der Waals surface area contributed by atoms with Crippen molar-refractivity contribution in [1.29, 1.82) is 0 Å². The van der Waals surface area contributed by atoms with Gasteiger partial charge in [0.2, 0.25) is 5.91 Å². The number of amides is 1. The van der Waals surface area contributed by atoms with Crippen molar-refractivity contribution in [3.63, 3.8) is 0 Å². The van der Waals surface area contributed by atoms with Gasteiger partial charge in [-0.05, 0) is 47.2 Å². The number of nitrogens with one attached hydrogen (secondary N) is 2. The number of hydrogen-bond donors (Lipinski definition) is 2. The summed E-state index contributed by atoms with van der Waals surface area (Å²) >= 11 is 0. The van der Waals surface area contributed by atoms with Crippen molar-refractivity contribution in [3.05, 3.63) is 59.4 Å². The Balaban J connectivity index is 2.10. The highest BCUT2D eigenvalue weighted by atomic mass is 19.1. The molecule has 2 N–H and O–H groups in total. The van der Waals surface area contributed by atoms with Gasteiger partial charge >= 0.3 is 0 Å². The second-order valence-corrected chi connectivity index (χ2v) is 6.53. The van der Waals surface area contributed by atoms with E-state index in [0.29, 0.717) is 17.5 Å². The molecule has 0 unspecified atom stereocenters. The molecule has 4 heteroatoms. The van der Waals surface area contributed by atoms with Gasteiger partial charge in [-0.25, -0.2) is 4.39 Å². The van der Waals surface area contributed by atoms with Gasteiger partial charge in [0.05, 0.1) is 6.54 Å². The van der Waals surface area contributed by atoms with E-state index < -0.39 is 0 Å². The second-order valence-electron chi connectivity index (χ2n) is 6.53. The summed E-state index contributed by atoms with van der Waals surface area (Å²) in [4.78, 5) is 12.2. The fourth-order valence-electron chi connectivity index (χ4n) is 2.66. The first kappa shape index (κ1) is 18.0. The van der Waals surface area contributed by atoms with Gasteiger partial charge in [-0.3, -0.25) is 4.79 Å². The van der Waals surface area contributed by atoms with Crippen LogP contribution in [0.5, 0.6) is 0 Å². The van der Waals surface area contributed by atoms with Gasteiger partial charge in [0.15, 0.2) is 0 Å². The molecule has 2 aromatic rings. The van der Waals surface area contributed by atoms with Gasteiger partial charge in [-0.2, -0.15) is 0 Å². The van der Waals surface area contributed by atoms with E-state index in [-0.39, 0.29) is 18.3 Å². The monoisotopic (exact) mass is 328 g/mol. The van der Waals surface area contributed by atoms with Crippen LogP contribution in [-0.4, -0.2) is 12.5 Å². The van der Waals surface area contributed by atoms with E-state index in [2.05, 4.69) is 56.5 Å². The van der Waals surface area contributed by atoms with Crippen LogP contribution in [-0.2, 0) is 4.79 Å². The highest BCUT2D eigenvalue weighted by Crippen LogP contribution is 2.32. The van der Waals surface area contributed by atoms with Crippen LogP contribution in [0.4, 0.5) is 15.8 Å². The molecule has 24 heavy (non-hydrogen) atoms. The number of anilines is 2.